The molecule has 2 bridgehead atoms. The Balaban J connectivity index is 1.03. The molecule has 0 spiro atoms. The summed E-state index contributed by atoms with van der Waals surface area (Å²) in [5.41, 5.74) is 1.76. The Morgan fingerprint density at radius 3 is 2.56 bits per heavy atom. The summed E-state index contributed by atoms with van der Waals surface area (Å²) >= 11 is 5.94. The van der Waals surface area contributed by atoms with E-state index in [4.69, 9.17) is 16.3 Å². The number of rotatable bonds is 9. The van der Waals surface area contributed by atoms with Gasteiger partial charge in [-0.05, 0) is 79.3 Å². The lowest BCUT2D eigenvalue weighted by Gasteiger charge is -2.32. The normalized spacial score (nSPS) is 23.1. The second-order valence-electron chi connectivity index (χ2n) is 10.4. The molecule has 1 aliphatic heterocycles. The third-order valence-electron chi connectivity index (χ3n) is 7.95. The highest BCUT2D eigenvalue weighted by atomic mass is 35.5. The van der Waals surface area contributed by atoms with Crippen LogP contribution in [0.15, 0.2) is 60.7 Å². The first-order valence-corrected chi connectivity index (χ1v) is 13.7. The van der Waals surface area contributed by atoms with E-state index >= 15 is 0 Å². The van der Waals surface area contributed by atoms with Gasteiger partial charge in [-0.15, -0.1) is 0 Å². The largest absolute Gasteiger partial charge is 0.490 e. The molecule has 0 aromatic heterocycles. The number of fused-ring (bicyclic) bond motifs is 2. The smallest absolute Gasteiger partial charge is 0.251 e. The number of hydrogen-bond donors (Lipinski definition) is 1. The van der Waals surface area contributed by atoms with Gasteiger partial charge in [0.15, 0.2) is 0 Å². The molecule has 2 aromatic rings. The van der Waals surface area contributed by atoms with E-state index in [0.29, 0.717) is 47.7 Å². The van der Waals surface area contributed by atoms with Crippen LogP contribution in [-0.4, -0.2) is 42.5 Å². The maximum Gasteiger partial charge on any atom is 0.251 e. The van der Waals surface area contributed by atoms with E-state index in [1.165, 1.54) is 12.8 Å². The molecular formula is C30H35ClN2O3. The topological polar surface area (TPSA) is 58.6 Å². The second kappa shape index (κ2) is 11.5. The van der Waals surface area contributed by atoms with Gasteiger partial charge < -0.3 is 15.0 Å². The summed E-state index contributed by atoms with van der Waals surface area (Å²) < 4.78 is 6.20. The third kappa shape index (κ3) is 6.31. The Morgan fingerprint density at radius 1 is 1.03 bits per heavy atom. The fraction of sp³-hybridized carbons (Fsp3) is 0.467. The highest BCUT2D eigenvalue weighted by molar-refractivity contribution is 6.30. The molecule has 1 saturated heterocycles. The fourth-order valence-corrected chi connectivity index (χ4v) is 6.01. The standard InChI is InChI=1S/C30H35ClN2O3/c31-26-9-5-21(6-10-26)7-11-29(34)33-16-13-27(14-17-33)36-28-3-1-2-25(20-28)30(35)32-15-12-24-19-22-4-8-23(24)18-22/h1-6,8-10,20,22-24,27H,7,11-19H2,(H,32,35). The molecule has 1 heterocycles. The lowest BCUT2D eigenvalue weighted by Crippen LogP contribution is -2.41. The van der Waals surface area contributed by atoms with Crippen LogP contribution in [0.3, 0.4) is 0 Å². The quantitative estimate of drug-likeness (QED) is 0.445. The van der Waals surface area contributed by atoms with E-state index < -0.39 is 0 Å². The van der Waals surface area contributed by atoms with Crippen molar-refractivity contribution in [3.8, 4) is 5.75 Å². The number of amides is 2. The van der Waals surface area contributed by atoms with Crippen LogP contribution < -0.4 is 10.1 Å². The summed E-state index contributed by atoms with van der Waals surface area (Å²) in [7, 11) is 0. The summed E-state index contributed by atoms with van der Waals surface area (Å²) in [4.78, 5) is 27.3. The molecule has 36 heavy (non-hydrogen) atoms. The minimum atomic E-state index is -0.0414. The number of likely N-dealkylation sites (tertiary alicyclic amines) is 1. The van der Waals surface area contributed by atoms with E-state index in [0.717, 1.165) is 43.7 Å². The number of piperidine rings is 1. The molecular weight excluding hydrogens is 472 g/mol. The summed E-state index contributed by atoms with van der Waals surface area (Å²) in [6, 6.07) is 15.1. The first-order valence-electron chi connectivity index (χ1n) is 13.3. The fourth-order valence-electron chi connectivity index (χ4n) is 5.89. The van der Waals surface area contributed by atoms with Gasteiger partial charge in [0.05, 0.1) is 0 Å². The van der Waals surface area contributed by atoms with Crippen LogP contribution in [0.1, 0.15) is 54.4 Å². The third-order valence-corrected chi connectivity index (χ3v) is 8.20. The van der Waals surface area contributed by atoms with Crippen LogP contribution in [0.2, 0.25) is 5.02 Å². The predicted molar refractivity (Wildman–Crippen MR) is 142 cm³/mol. The highest BCUT2D eigenvalue weighted by Gasteiger charge is 2.35. The molecule has 0 radical (unpaired) electrons. The SMILES string of the molecule is O=C(NCCC1CC2C=CC1C2)c1cccc(OC2CCN(C(=O)CCc3ccc(Cl)cc3)CC2)c1. The van der Waals surface area contributed by atoms with Crippen molar-refractivity contribution in [3.63, 3.8) is 0 Å². The Kier molecular flexibility index (Phi) is 7.96. The Labute approximate surface area is 218 Å². The number of nitrogens with one attached hydrogen (secondary N) is 1. The van der Waals surface area contributed by atoms with E-state index in [2.05, 4.69) is 17.5 Å². The molecule has 2 aliphatic carbocycles. The van der Waals surface area contributed by atoms with Crippen molar-refractivity contribution in [3.05, 3.63) is 76.8 Å². The van der Waals surface area contributed by atoms with Crippen LogP contribution >= 0.6 is 11.6 Å². The number of nitrogens with zero attached hydrogens (tertiary/aromatic N) is 1. The lowest BCUT2D eigenvalue weighted by molar-refractivity contribution is -0.132. The predicted octanol–water partition coefficient (Wildman–Crippen LogP) is 5.67. The van der Waals surface area contributed by atoms with Gasteiger partial charge in [-0.2, -0.15) is 0 Å². The maximum atomic E-state index is 12.7. The van der Waals surface area contributed by atoms with Gasteiger partial charge in [-0.1, -0.05) is 42.0 Å². The van der Waals surface area contributed by atoms with Gasteiger partial charge in [0.2, 0.25) is 5.91 Å². The van der Waals surface area contributed by atoms with Crippen molar-refractivity contribution in [1.82, 2.24) is 10.2 Å². The Bertz CT molecular complexity index is 1090. The van der Waals surface area contributed by atoms with Crippen molar-refractivity contribution in [2.75, 3.05) is 19.6 Å². The number of carbonyl (C=O) groups excluding carboxylic acids is 2. The van der Waals surface area contributed by atoms with Gasteiger partial charge in [0.1, 0.15) is 11.9 Å². The van der Waals surface area contributed by atoms with E-state index in [1.807, 2.05) is 53.4 Å². The molecule has 190 valence electrons. The molecule has 1 N–H and O–H groups in total. The summed E-state index contributed by atoms with van der Waals surface area (Å²) in [5.74, 6) is 3.06. The van der Waals surface area contributed by atoms with Gasteiger partial charge in [0.25, 0.3) is 5.91 Å². The second-order valence-corrected chi connectivity index (χ2v) is 10.9. The molecule has 2 aromatic carbocycles. The average Bonchev–Trinajstić information content (AvgIpc) is 3.52. The van der Waals surface area contributed by atoms with Crippen molar-refractivity contribution in [1.29, 1.82) is 0 Å². The van der Waals surface area contributed by atoms with E-state index in [9.17, 15) is 9.59 Å². The van der Waals surface area contributed by atoms with Crippen LogP contribution in [0.25, 0.3) is 0 Å². The minimum Gasteiger partial charge on any atom is -0.490 e. The molecule has 2 amide bonds. The zero-order chi connectivity index (χ0) is 24.9. The van der Waals surface area contributed by atoms with Crippen LogP contribution in [0, 0.1) is 17.8 Å². The molecule has 5 nitrogen and oxygen atoms in total. The van der Waals surface area contributed by atoms with Gasteiger partial charge >= 0.3 is 0 Å². The first kappa shape index (κ1) is 24.9. The Morgan fingerprint density at radius 2 is 1.83 bits per heavy atom. The average molecular weight is 507 g/mol. The number of benzene rings is 2. The minimum absolute atomic E-state index is 0.0414. The molecule has 3 aliphatic rings. The van der Waals surface area contributed by atoms with Crippen molar-refractivity contribution in [2.24, 2.45) is 17.8 Å². The number of ether oxygens (including phenoxy) is 1. The Hall–Kier alpha value is -2.79. The number of aryl methyl sites for hydroxylation is 1. The first-order chi connectivity index (χ1) is 17.5. The molecule has 5 rings (SSSR count). The zero-order valence-corrected chi connectivity index (χ0v) is 21.5. The summed E-state index contributed by atoms with van der Waals surface area (Å²) in [6.07, 6.45) is 11.2. The number of halogens is 1. The highest BCUT2D eigenvalue weighted by Crippen LogP contribution is 2.44. The van der Waals surface area contributed by atoms with Gasteiger partial charge in [-0.3, -0.25) is 9.59 Å². The summed E-state index contributed by atoms with van der Waals surface area (Å²) in [6.45, 7) is 2.11. The summed E-state index contributed by atoms with van der Waals surface area (Å²) in [5, 5.41) is 3.80. The number of allylic oxidation sites excluding steroid dienone is 2. The van der Waals surface area contributed by atoms with Crippen molar-refractivity contribution < 1.29 is 14.3 Å². The van der Waals surface area contributed by atoms with E-state index in [-0.39, 0.29) is 17.9 Å². The number of hydrogen-bond acceptors (Lipinski definition) is 3. The molecule has 1 saturated carbocycles. The molecule has 2 fully saturated rings. The van der Waals surface area contributed by atoms with Crippen LogP contribution in [0.4, 0.5) is 0 Å². The van der Waals surface area contributed by atoms with Crippen molar-refractivity contribution in [2.45, 2.75) is 51.0 Å². The maximum absolute atomic E-state index is 12.7. The molecule has 3 atom stereocenters. The van der Waals surface area contributed by atoms with E-state index in [1.54, 1.807) is 0 Å². The van der Waals surface area contributed by atoms with Crippen LogP contribution in [0.5, 0.6) is 5.75 Å². The molecule has 6 heteroatoms. The number of carbonyl (C=O) groups is 2. The van der Waals surface area contributed by atoms with Crippen molar-refractivity contribution >= 4 is 23.4 Å². The van der Waals surface area contributed by atoms with Gasteiger partial charge in [-0.25, -0.2) is 0 Å². The zero-order valence-electron chi connectivity index (χ0n) is 20.7. The molecule has 3 unspecified atom stereocenters. The lowest BCUT2D eigenvalue weighted by atomic mass is 9.90. The van der Waals surface area contributed by atoms with Gasteiger partial charge in [0, 0.05) is 49.5 Å². The van der Waals surface area contributed by atoms with Crippen LogP contribution in [-0.2, 0) is 11.2 Å². The monoisotopic (exact) mass is 506 g/mol.